The van der Waals surface area contributed by atoms with Crippen LogP contribution >= 0.6 is 0 Å². The van der Waals surface area contributed by atoms with Crippen molar-refractivity contribution in [3.05, 3.63) is 0 Å². The van der Waals surface area contributed by atoms with Gasteiger partial charge in [-0.1, -0.05) is 6.92 Å². The highest BCUT2D eigenvalue weighted by Crippen LogP contribution is 2.24. The number of nitrogens with zero attached hydrogens (tertiary/aromatic N) is 1. The van der Waals surface area contributed by atoms with Gasteiger partial charge >= 0.3 is 6.03 Å². The van der Waals surface area contributed by atoms with Gasteiger partial charge in [-0.3, -0.25) is 0 Å². The van der Waals surface area contributed by atoms with Crippen LogP contribution in [0.1, 0.15) is 19.8 Å². The Balaban J connectivity index is 1.80. The fourth-order valence-electron chi connectivity index (χ4n) is 2.36. The maximum atomic E-state index is 11.6. The van der Waals surface area contributed by atoms with E-state index in [1.165, 1.54) is 6.42 Å². The van der Waals surface area contributed by atoms with Crippen LogP contribution in [0, 0.1) is 5.92 Å². The third-order valence-electron chi connectivity index (χ3n) is 3.18. The normalized spacial score (nSPS) is 30.5. The second-order valence-electron chi connectivity index (χ2n) is 4.25. The number of hydrogen-bond donors (Lipinski definition) is 2. The molecule has 0 saturated carbocycles. The van der Waals surface area contributed by atoms with Crippen molar-refractivity contribution in [1.82, 2.24) is 15.5 Å². The van der Waals surface area contributed by atoms with E-state index < -0.39 is 0 Å². The summed E-state index contributed by atoms with van der Waals surface area (Å²) in [6.45, 7) is 5.81. The molecule has 2 heterocycles. The van der Waals surface area contributed by atoms with E-state index in [0.29, 0.717) is 12.0 Å². The molecule has 2 N–H and O–H groups in total. The molecule has 0 radical (unpaired) electrons. The lowest BCUT2D eigenvalue weighted by molar-refractivity contribution is 0.205. The summed E-state index contributed by atoms with van der Waals surface area (Å²) >= 11 is 0. The zero-order valence-corrected chi connectivity index (χ0v) is 8.75. The van der Waals surface area contributed by atoms with Gasteiger partial charge in [-0.25, -0.2) is 4.79 Å². The molecule has 80 valence electrons. The molecule has 2 amide bonds. The Morgan fingerprint density at radius 3 is 3.14 bits per heavy atom. The minimum absolute atomic E-state index is 0.114. The van der Waals surface area contributed by atoms with Crippen LogP contribution in [0.5, 0.6) is 0 Å². The number of urea groups is 1. The fraction of sp³-hybridized carbons (Fsp3) is 0.900. The number of amides is 2. The number of rotatable bonds is 2. The van der Waals surface area contributed by atoms with Crippen molar-refractivity contribution in [3.8, 4) is 0 Å². The summed E-state index contributed by atoms with van der Waals surface area (Å²) in [4.78, 5) is 13.6. The van der Waals surface area contributed by atoms with Crippen molar-refractivity contribution in [2.24, 2.45) is 5.92 Å². The lowest BCUT2D eigenvalue weighted by atomic mass is 10.1. The number of fused-ring (bicyclic) bond motifs is 1. The van der Waals surface area contributed by atoms with Gasteiger partial charge in [0.1, 0.15) is 0 Å². The molecule has 2 rings (SSSR count). The summed E-state index contributed by atoms with van der Waals surface area (Å²) < 4.78 is 0. The van der Waals surface area contributed by atoms with Gasteiger partial charge in [0.05, 0.1) is 0 Å². The first-order chi connectivity index (χ1) is 6.81. The Labute approximate surface area is 85.0 Å². The summed E-state index contributed by atoms with van der Waals surface area (Å²) in [5.74, 6) is 0.697. The highest BCUT2D eigenvalue weighted by Gasteiger charge is 2.37. The first-order valence-corrected chi connectivity index (χ1v) is 5.57. The van der Waals surface area contributed by atoms with Crippen LogP contribution in [-0.2, 0) is 0 Å². The number of carbonyl (C=O) groups excluding carboxylic acids is 1. The molecule has 2 aliphatic rings. The standard InChI is InChI=1S/C10H19N3O/c1-2-4-12-10(14)13-6-8-3-5-11-9(8)7-13/h8-9,11H,2-7H2,1H3,(H,12,14)/t8-,9+/m0/s1. The smallest absolute Gasteiger partial charge is 0.317 e. The highest BCUT2D eigenvalue weighted by molar-refractivity contribution is 5.74. The molecule has 2 atom stereocenters. The van der Waals surface area contributed by atoms with E-state index in [4.69, 9.17) is 0 Å². The lowest BCUT2D eigenvalue weighted by Crippen LogP contribution is -2.40. The monoisotopic (exact) mass is 197 g/mol. The van der Waals surface area contributed by atoms with Crippen molar-refractivity contribution >= 4 is 6.03 Å². The number of carbonyl (C=O) groups is 1. The predicted octanol–water partition coefficient (Wildman–Crippen LogP) is 0.400. The highest BCUT2D eigenvalue weighted by atomic mass is 16.2. The summed E-state index contributed by atoms with van der Waals surface area (Å²) in [7, 11) is 0. The maximum Gasteiger partial charge on any atom is 0.317 e. The molecule has 0 aliphatic carbocycles. The van der Waals surface area contributed by atoms with E-state index in [1.807, 2.05) is 4.90 Å². The molecule has 2 aliphatic heterocycles. The van der Waals surface area contributed by atoms with Gasteiger partial charge in [0.2, 0.25) is 0 Å². The summed E-state index contributed by atoms with van der Waals surface area (Å²) in [6.07, 6.45) is 2.23. The van der Waals surface area contributed by atoms with E-state index in [2.05, 4.69) is 17.6 Å². The van der Waals surface area contributed by atoms with Gasteiger partial charge in [-0.05, 0) is 25.3 Å². The topological polar surface area (TPSA) is 44.4 Å². The quantitative estimate of drug-likeness (QED) is 0.673. The van der Waals surface area contributed by atoms with E-state index in [-0.39, 0.29) is 6.03 Å². The molecule has 0 spiro atoms. The van der Waals surface area contributed by atoms with Crippen molar-refractivity contribution in [2.75, 3.05) is 26.2 Å². The molecule has 0 bridgehead atoms. The second-order valence-corrected chi connectivity index (χ2v) is 4.25. The van der Waals surface area contributed by atoms with Crippen LogP contribution < -0.4 is 10.6 Å². The molecule has 4 nitrogen and oxygen atoms in total. The van der Waals surface area contributed by atoms with Crippen LogP contribution in [0.2, 0.25) is 0 Å². The van der Waals surface area contributed by atoms with Crippen molar-refractivity contribution in [3.63, 3.8) is 0 Å². The van der Waals surface area contributed by atoms with Gasteiger partial charge in [0, 0.05) is 25.7 Å². The largest absolute Gasteiger partial charge is 0.338 e. The lowest BCUT2D eigenvalue weighted by Gasteiger charge is -2.17. The molecule has 2 saturated heterocycles. The van der Waals surface area contributed by atoms with Crippen LogP contribution in [0.25, 0.3) is 0 Å². The second kappa shape index (κ2) is 4.17. The molecule has 4 heteroatoms. The summed E-state index contributed by atoms with van der Waals surface area (Å²) in [5, 5.41) is 6.36. The van der Waals surface area contributed by atoms with Crippen LogP contribution in [0.15, 0.2) is 0 Å². The number of likely N-dealkylation sites (tertiary alicyclic amines) is 1. The Hall–Kier alpha value is -0.770. The third kappa shape index (κ3) is 1.85. The Bertz CT molecular complexity index is 207. The van der Waals surface area contributed by atoms with Crippen LogP contribution in [-0.4, -0.2) is 43.2 Å². The average molecular weight is 197 g/mol. The zero-order chi connectivity index (χ0) is 9.97. The molecule has 0 aromatic carbocycles. The molecule has 0 aromatic rings. The summed E-state index contributed by atoms with van der Waals surface area (Å²) in [5.41, 5.74) is 0. The van der Waals surface area contributed by atoms with Gasteiger partial charge in [-0.2, -0.15) is 0 Å². The van der Waals surface area contributed by atoms with Crippen LogP contribution in [0.3, 0.4) is 0 Å². The molecule has 14 heavy (non-hydrogen) atoms. The minimum atomic E-state index is 0.114. The first-order valence-electron chi connectivity index (χ1n) is 5.57. The zero-order valence-electron chi connectivity index (χ0n) is 8.75. The van der Waals surface area contributed by atoms with Crippen molar-refractivity contribution < 1.29 is 4.79 Å². The van der Waals surface area contributed by atoms with Crippen molar-refractivity contribution in [2.45, 2.75) is 25.8 Å². The Kier molecular flexibility index (Phi) is 2.91. The van der Waals surface area contributed by atoms with E-state index in [9.17, 15) is 4.79 Å². The van der Waals surface area contributed by atoms with Gasteiger partial charge < -0.3 is 15.5 Å². The van der Waals surface area contributed by atoms with Crippen molar-refractivity contribution in [1.29, 1.82) is 0 Å². The third-order valence-corrected chi connectivity index (χ3v) is 3.18. The average Bonchev–Trinajstić information content (AvgIpc) is 2.72. The van der Waals surface area contributed by atoms with Gasteiger partial charge in [0.15, 0.2) is 0 Å². The Morgan fingerprint density at radius 2 is 2.43 bits per heavy atom. The van der Waals surface area contributed by atoms with Gasteiger partial charge in [-0.15, -0.1) is 0 Å². The SMILES string of the molecule is CCCNC(=O)N1C[C@@H]2CCN[C@@H]2C1. The number of hydrogen-bond acceptors (Lipinski definition) is 2. The maximum absolute atomic E-state index is 11.6. The molecule has 0 aromatic heterocycles. The predicted molar refractivity (Wildman–Crippen MR) is 55.2 cm³/mol. The molecule has 2 fully saturated rings. The van der Waals surface area contributed by atoms with E-state index >= 15 is 0 Å². The fourth-order valence-corrected chi connectivity index (χ4v) is 2.36. The van der Waals surface area contributed by atoms with Gasteiger partial charge in [0.25, 0.3) is 0 Å². The van der Waals surface area contributed by atoms with E-state index in [1.54, 1.807) is 0 Å². The van der Waals surface area contributed by atoms with E-state index in [0.717, 1.165) is 32.6 Å². The van der Waals surface area contributed by atoms with Crippen LogP contribution in [0.4, 0.5) is 4.79 Å². The first kappa shape index (κ1) is 9.77. The molecular weight excluding hydrogens is 178 g/mol. The minimum Gasteiger partial charge on any atom is -0.338 e. The molecular formula is C10H19N3O. The Morgan fingerprint density at radius 1 is 1.57 bits per heavy atom. The number of nitrogens with one attached hydrogen (secondary N) is 2. The molecule has 0 unspecified atom stereocenters. The summed E-state index contributed by atoms with van der Waals surface area (Å²) in [6, 6.07) is 0.672.